The first-order chi connectivity index (χ1) is 24.3. The number of hydrogen-bond donors (Lipinski definition) is 0. The first-order valence-electron chi connectivity index (χ1n) is 16.8. The van der Waals surface area contributed by atoms with Gasteiger partial charge in [-0.1, -0.05) is 146 Å². The van der Waals surface area contributed by atoms with E-state index in [1.165, 1.54) is 16.3 Å². The molecule has 2 heteroatoms. The van der Waals surface area contributed by atoms with Gasteiger partial charge in [0.05, 0.1) is 0 Å². The number of nitrogens with zero attached hydrogens (tertiary/aromatic N) is 1. The van der Waals surface area contributed by atoms with Gasteiger partial charge in [0.15, 0.2) is 5.60 Å². The Balaban J connectivity index is 1.29. The Morgan fingerprint density at radius 1 is 0.367 bits per heavy atom. The van der Waals surface area contributed by atoms with Gasteiger partial charge >= 0.3 is 0 Å². The summed E-state index contributed by atoms with van der Waals surface area (Å²) >= 11 is 0. The van der Waals surface area contributed by atoms with Crippen molar-refractivity contribution >= 4 is 27.8 Å². The molecule has 0 spiro atoms. The van der Waals surface area contributed by atoms with Gasteiger partial charge in [0.2, 0.25) is 0 Å². The van der Waals surface area contributed by atoms with Crippen LogP contribution < -0.4 is 9.64 Å². The van der Waals surface area contributed by atoms with Crippen LogP contribution in [0.5, 0.6) is 5.75 Å². The normalized spacial score (nSPS) is 12.8. The molecule has 9 rings (SSSR count). The van der Waals surface area contributed by atoms with Crippen molar-refractivity contribution in [2.45, 2.75) is 5.60 Å². The van der Waals surface area contributed by atoms with E-state index in [9.17, 15) is 0 Å². The van der Waals surface area contributed by atoms with Crippen molar-refractivity contribution in [2.24, 2.45) is 0 Å². The van der Waals surface area contributed by atoms with Crippen LogP contribution in [0.2, 0.25) is 0 Å². The van der Waals surface area contributed by atoms with E-state index in [1.807, 2.05) is 0 Å². The van der Waals surface area contributed by atoms with Crippen molar-refractivity contribution in [3.05, 3.63) is 217 Å². The third-order valence-electron chi connectivity index (χ3n) is 9.65. The predicted molar refractivity (Wildman–Crippen MR) is 203 cm³/mol. The Morgan fingerprint density at radius 3 is 1.51 bits per heavy atom. The largest absolute Gasteiger partial charge is 0.472 e. The van der Waals surface area contributed by atoms with E-state index in [-0.39, 0.29) is 0 Å². The SMILES string of the molecule is c1ccc(N(c2ccccc2)c2ccc3c(c2)OC(c2ccccc2)(c2ccccc2)c2cc(-c4ccc5ccccc5c4)ccc2-3)cc1. The van der Waals surface area contributed by atoms with Crippen molar-refractivity contribution in [1.82, 2.24) is 0 Å². The predicted octanol–water partition coefficient (Wildman–Crippen LogP) is 12.3. The molecule has 1 heterocycles. The fourth-order valence-corrected chi connectivity index (χ4v) is 7.34. The van der Waals surface area contributed by atoms with Gasteiger partial charge in [-0.15, -0.1) is 0 Å². The maximum absolute atomic E-state index is 7.52. The number of benzene rings is 8. The Labute approximate surface area is 287 Å². The molecule has 0 bridgehead atoms. The molecule has 0 N–H and O–H groups in total. The first-order valence-corrected chi connectivity index (χ1v) is 16.8. The molecule has 0 aliphatic carbocycles. The summed E-state index contributed by atoms with van der Waals surface area (Å²) in [5.41, 5.74) is 10.2. The highest BCUT2D eigenvalue weighted by molar-refractivity contribution is 5.90. The van der Waals surface area contributed by atoms with Crippen LogP contribution in [-0.2, 0) is 5.60 Å². The quantitative estimate of drug-likeness (QED) is 0.182. The molecule has 0 aromatic heterocycles. The summed E-state index contributed by atoms with van der Waals surface area (Å²) in [7, 11) is 0. The molecule has 8 aromatic carbocycles. The van der Waals surface area contributed by atoms with E-state index < -0.39 is 5.60 Å². The molecule has 49 heavy (non-hydrogen) atoms. The maximum atomic E-state index is 7.52. The summed E-state index contributed by atoms with van der Waals surface area (Å²) < 4.78 is 7.52. The summed E-state index contributed by atoms with van der Waals surface area (Å²) in [5.74, 6) is 0.841. The molecule has 0 unspecified atom stereocenters. The molecule has 0 radical (unpaired) electrons. The second kappa shape index (κ2) is 12.0. The number of anilines is 3. The van der Waals surface area contributed by atoms with E-state index in [0.29, 0.717) is 0 Å². The molecule has 1 aliphatic heterocycles. The molecular weight excluding hydrogens is 595 g/mol. The lowest BCUT2D eigenvalue weighted by atomic mass is 9.74. The molecular formula is C47H33NO. The van der Waals surface area contributed by atoms with Crippen molar-refractivity contribution in [2.75, 3.05) is 4.90 Å². The topological polar surface area (TPSA) is 12.5 Å². The molecule has 0 fully saturated rings. The number of ether oxygens (including phenoxy) is 1. The van der Waals surface area contributed by atoms with Crippen LogP contribution >= 0.6 is 0 Å². The molecule has 0 atom stereocenters. The summed E-state index contributed by atoms with van der Waals surface area (Å²) in [6, 6.07) is 71.1. The van der Waals surface area contributed by atoms with Crippen LogP contribution in [0.25, 0.3) is 33.0 Å². The minimum absolute atomic E-state index is 0.841. The highest BCUT2D eigenvalue weighted by Crippen LogP contribution is 2.53. The second-order valence-corrected chi connectivity index (χ2v) is 12.5. The van der Waals surface area contributed by atoms with E-state index in [2.05, 4.69) is 205 Å². The lowest BCUT2D eigenvalue weighted by Crippen LogP contribution is -2.38. The average Bonchev–Trinajstić information content (AvgIpc) is 3.18. The van der Waals surface area contributed by atoms with Gasteiger partial charge in [-0.05, 0) is 76.0 Å². The lowest BCUT2D eigenvalue weighted by Gasteiger charge is -2.42. The Morgan fingerprint density at radius 2 is 0.878 bits per heavy atom. The molecule has 0 amide bonds. The zero-order chi connectivity index (χ0) is 32.6. The van der Waals surface area contributed by atoms with Crippen LogP contribution in [-0.4, -0.2) is 0 Å². The van der Waals surface area contributed by atoms with Gasteiger partial charge in [-0.2, -0.15) is 0 Å². The summed E-state index contributed by atoms with van der Waals surface area (Å²) in [5, 5.41) is 2.46. The standard InChI is InChI=1S/C47H33NO/c1-5-17-38(18-6-1)47(39-19-7-2-8-20-39)45-32-37(36-26-25-34-15-13-14-16-35(34)31-36)27-29-43(45)44-30-28-42(33-46(44)49-47)48(40-21-9-3-10-22-40)41-23-11-4-12-24-41/h1-33H. The highest BCUT2D eigenvalue weighted by Gasteiger charge is 2.44. The molecule has 1 aliphatic rings. The van der Waals surface area contributed by atoms with E-state index in [4.69, 9.17) is 4.74 Å². The zero-order valence-electron chi connectivity index (χ0n) is 26.9. The maximum Gasteiger partial charge on any atom is 0.185 e. The van der Waals surface area contributed by atoms with Crippen molar-refractivity contribution < 1.29 is 4.74 Å². The van der Waals surface area contributed by atoms with Gasteiger partial charge in [-0.3, -0.25) is 0 Å². The molecule has 232 valence electrons. The molecule has 8 aromatic rings. The Kier molecular flexibility index (Phi) is 7.06. The van der Waals surface area contributed by atoms with Gasteiger partial charge < -0.3 is 9.64 Å². The monoisotopic (exact) mass is 627 g/mol. The van der Waals surface area contributed by atoms with Crippen LogP contribution in [0.15, 0.2) is 200 Å². The number of hydrogen-bond acceptors (Lipinski definition) is 2. The summed E-state index contributed by atoms with van der Waals surface area (Å²) in [6.07, 6.45) is 0. The smallest absolute Gasteiger partial charge is 0.185 e. The van der Waals surface area contributed by atoms with E-state index >= 15 is 0 Å². The fourth-order valence-electron chi connectivity index (χ4n) is 7.34. The molecule has 0 saturated heterocycles. The first kappa shape index (κ1) is 28.8. The second-order valence-electron chi connectivity index (χ2n) is 12.5. The number of rotatable bonds is 6. The van der Waals surface area contributed by atoms with Crippen molar-refractivity contribution in [3.8, 4) is 28.0 Å². The van der Waals surface area contributed by atoms with Gasteiger partial charge in [0.25, 0.3) is 0 Å². The van der Waals surface area contributed by atoms with Crippen LogP contribution in [0.1, 0.15) is 16.7 Å². The van der Waals surface area contributed by atoms with Crippen LogP contribution in [0, 0.1) is 0 Å². The van der Waals surface area contributed by atoms with Crippen molar-refractivity contribution in [3.63, 3.8) is 0 Å². The number of fused-ring (bicyclic) bond motifs is 4. The highest BCUT2D eigenvalue weighted by atomic mass is 16.5. The van der Waals surface area contributed by atoms with Crippen LogP contribution in [0.4, 0.5) is 17.1 Å². The summed E-state index contributed by atoms with van der Waals surface area (Å²) in [4.78, 5) is 2.29. The average molecular weight is 628 g/mol. The van der Waals surface area contributed by atoms with E-state index in [0.717, 1.165) is 56.2 Å². The molecule has 0 saturated carbocycles. The Bertz CT molecular complexity index is 2320. The van der Waals surface area contributed by atoms with Gasteiger partial charge in [0, 0.05) is 45.4 Å². The third-order valence-corrected chi connectivity index (χ3v) is 9.65. The lowest BCUT2D eigenvalue weighted by molar-refractivity contribution is 0.152. The van der Waals surface area contributed by atoms with Crippen LogP contribution in [0.3, 0.4) is 0 Å². The van der Waals surface area contributed by atoms with Gasteiger partial charge in [0.1, 0.15) is 5.75 Å². The fraction of sp³-hybridized carbons (Fsp3) is 0.0213. The minimum atomic E-state index is -0.888. The van der Waals surface area contributed by atoms with E-state index in [1.54, 1.807) is 0 Å². The summed E-state index contributed by atoms with van der Waals surface area (Å²) in [6.45, 7) is 0. The third kappa shape index (κ3) is 4.97. The Hall–Kier alpha value is -6.38. The van der Waals surface area contributed by atoms with Gasteiger partial charge in [-0.25, -0.2) is 0 Å². The molecule has 2 nitrogen and oxygen atoms in total. The van der Waals surface area contributed by atoms with Crippen molar-refractivity contribution in [1.29, 1.82) is 0 Å². The minimum Gasteiger partial charge on any atom is -0.472 e. The number of para-hydroxylation sites is 2. The zero-order valence-corrected chi connectivity index (χ0v) is 26.9.